The minimum atomic E-state index is -0.169. The predicted octanol–water partition coefficient (Wildman–Crippen LogP) is 2.61. The average molecular weight is 324 g/mol. The molecule has 1 unspecified atom stereocenters. The van der Waals surface area contributed by atoms with E-state index in [2.05, 4.69) is 32.5 Å². The molecule has 4 rings (SSSR count). The first-order chi connectivity index (χ1) is 11.8. The number of rotatable bonds is 5. The minimum absolute atomic E-state index is 0.158. The van der Waals surface area contributed by atoms with Gasteiger partial charge in [-0.25, -0.2) is 0 Å². The second-order valence-corrected chi connectivity index (χ2v) is 6.94. The summed E-state index contributed by atoms with van der Waals surface area (Å²) in [5.74, 6) is 0.702. The van der Waals surface area contributed by atoms with E-state index in [0.29, 0.717) is 12.0 Å². The Bertz CT molecular complexity index is 658. The summed E-state index contributed by atoms with van der Waals surface area (Å²) in [6, 6.07) is 10.4. The summed E-state index contributed by atoms with van der Waals surface area (Å²) < 4.78 is 0. The largest absolute Gasteiger partial charge is 0.352 e. The van der Waals surface area contributed by atoms with Crippen molar-refractivity contribution in [2.24, 2.45) is 0 Å². The van der Waals surface area contributed by atoms with Gasteiger partial charge in [0.2, 0.25) is 5.91 Å². The molecule has 24 heavy (non-hydrogen) atoms. The van der Waals surface area contributed by atoms with Crippen LogP contribution in [0.1, 0.15) is 48.8 Å². The molecular formula is C19H24N4O. The molecule has 0 bridgehead atoms. The van der Waals surface area contributed by atoms with Crippen molar-refractivity contribution in [1.82, 2.24) is 20.4 Å². The molecule has 0 radical (unpaired) electrons. The van der Waals surface area contributed by atoms with Crippen LogP contribution in [0.5, 0.6) is 0 Å². The van der Waals surface area contributed by atoms with Crippen LogP contribution in [0.25, 0.3) is 0 Å². The Balaban J connectivity index is 1.48. The van der Waals surface area contributed by atoms with Crippen LogP contribution in [-0.4, -0.2) is 40.1 Å². The number of nitrogens with one attached hydrogen (secondary N) is 2. The summed E-state index contributed by atoms with van der Waals surface area (Å²) in [7, 11) is 0. The number of likely N-dealkylation sites (tertiary alicyclic amines) is 1. The molecule has 1 saturated carbocycles. The third-order valence-corrected chi connectivity index (χ3v) is 5.17. The number of aromatic nitrogens is 2. The highest BCUT2D eigenvalue weighted by Crippen LogP contribution is 2.32. The van der Waals surface area contributed by atoms with Crippen molar-refractivity contribution in [1.29, 1.82) is 0 Å². The van der Waals surface area contributed by atoms with Crippen molar-refractivity contribution in [3.63, 3.8) is 0 Å². The van der Waals surface area contributed by atoms with Crippen molar-refractivity contribution in [2.45, 2.75) is 43.7 Å². The van der Waals surface area contributed by atoms with E-state index in [4.69, 9.17) is 0 Å². The number of nitrogens with zero attached hydrogens (tertiary/aromatic N) is 2. The summed E-state index contributed by atoms with van der Waals surface area (Å²) >= 11 is 0. The third kappa shape index (κ3) is 3.36. The van der Waals surface area contributed by atoms with Crippen LogP contribution in [-0.2, 0) is 4.79 Å². The second kappa shape index (κ2) is 6.77. The molecule has 1 aromatic carbocycles. The van der Waals surface area contributed by atoms with Gasteiger partial charge in [0.1, 0.15) is 6.04 Å². The number of aromatic amines is 1. The van der Waals surface area contributed by atoms with E-state index in [0.717, 1.165) is 44.3 Å². The van der Waals surface area contributed by atoms with Crippen LogP contribution < -0.4 is 5.32 Å². The van der Waals surface area contributed by atoms with Crippen molar-refractivity contribution >= 4 is 5.91 Å². The zero-order valence-corrected chi connectivity index (χ0v) is 13.8. The molecule has 1 amide bonds. The Labute approximate surface area is 142 Å². The maximum Gasteiger partial charge on any atom is 0.242 e. The maximum atomic E-state index is 12.8. The monoisotopic (exact) mass is 324 g/mol. The fourth-order valence-corrected chi connectivity index (χ4v) is 3.65. The topological polar surface area (TPSA) is 61.0 Å². The molecule has 2 aromatic rings. The van der Waals surface area contributed by atoms with Crippen LogP contribution in [0, 0.1) is 0 Å². The van der Waals surface area contributed by atoms with E-state index < -0.39 is 0 Å². The van der Waals surface area contributed by atoms with Gasteiger partial charge in [0, 0.05) is 12.2 Å². The standard InChI is InChI=1S/C19H24N4O/c24-19(22-17-6-7-17)18(15-4-2-1-3-5-15)23-10-8-14(9-11-23)16-12-20-21-13-16/h1-5,12-14,17-18H,6-11H2,(H,20,21)(H,22,24). The molecule has 1 saturated heterocycles. The van der Waals surface area contributed by atoms with Gasteiger partial charge in [0.15, 0.2) is 0 Å². The van der Waals surface area contributed by atoms with Crippen molar-refractivity contribution < 1.29 is 4.79 Å². The van der Waals surface area contributed by atoms with Crippen LogP contribution in [0.15, 0.2) is 42.7 Å². The molecule has 1 aromatic heterocycles. The molecule has 5 heteroatoms. The number of H-pyrrole nitrogens is 1. The highest BCUT2D eigenvalue weighted by atomic mass is 16.2. The van der Waals surface area contributed by atoms with Crippen molar-refractivity contribution in [2.75, 3.05) is 13.1 Å². The van der Waals surface area contributed by atoms with E-state index in [1.807, 2.05) is 30.6 Å². The summed E-state index contributed by atoms with van der Waals surface area (Å²) in [4.78, 5) is 15.2. The van der Waals surface area contributed by atoms with Crippen LogP contribution in [0.2, 0.25) is 0 Å². The second-order valence-electron chi connectivity index (χ2n) is 6.94. The molecule has 5 nitrogen and oxygen atoms in total. The summed E-state index contributed by atoms with van der Waals surface area (Å²) in [6.07, 6.45) is 8.30. The van der Waals surface area contributed by atoms with Gasteiger partial charge in [-0.3, -0.25) is 14.8 Å². The lowest BCUT2D eigenvalue weighted by Gasteiger charge is -2.37. The highest BCUT2D eigenvalue weighted by Gasteiger charge is 2.34. The van der Waals surface area contributed by atoms with E-state index in [-0.39, 0.29) is 11.9 Å². The smallest absolute Gasteiger partial charge is 0.242 e. The molecule has 0 spiro atoms. The highest BCUT2D eigenvalue weighted by molar-refractivity contribution is 5.83. The molecule has 2 N–H and O–H groups in total. The quantitative estimate of drug-likeness (QED) is 0.889. The van der Waals surface area contributed by atoms with Gasteiger partial charge in [-0.2, -0.15) is 5.10 Å². The lowest BCUT2D eigenvalue weighted by molar-refractivity contribution is -0.127. The number of amides is 1. The molecule has 1 atom stereocenters. The van der Waals surface area contributed by atoms with E-state index in [9.17, 15) is 4.79 Å². The Morgan fingerprint density at radius 3 is 2.54 bits per heavy atom. The van der Waals surface area contributed by atoms with Crippen LogP contribution >= 0.6 is 0 Å². The number of piperidine rings is 1. The van der Waals surface area contributed by atoms with Gasteiger partial charge in [0.25, 0.3) is 0 Å². The lowest BCUT2D eigenvalue weighted by atomic mass is 9.90. The molecule has 2 heterocycles. The third-order valence-electron chi connectivity index (χ3n) is 5.17. The summed E-state index contributed by atoms with van der Waals surface area (Å²) in [6.45, 7) is 1.88. The van der Waals surface area contributed by atoms with Gasteiger partial charge in [-0.05, 0) is 55.8 Å². The van der Waals surface area contributed by atoms with Gasteiger partial charge in [-0.1, -0.05) is 30.3 Å². The first kappa shape index (κ1) is 15.4. The summed E-state index contributed by atoms with van der Waals surface area (Å²) in [5.41, 5.74) is 2.38. The van der Waals surface area contributed by atoms with E-state index >= 15 is 0 Å². The number of benzene rings is 1. The molecule has 1 aliphatic heterocycles. The Kier molecular flexibility index (Phi) is 4.34. The minimum Gasteiger partial charge on any atom is -0.352 e. The first-order valence-corrected chi connectivity index (χ1v) is 8.89. The van der Waals surface area contributed by atoms with Crippen molar-refractivity contribution in [3.8, 4) is 0 Å². The van der Waals surface area contributed by atoms with E-state index in [1.54, 1.807) is 0 Å². The molecule has 1 aliphatic carbocycles. The number of hydrogen-bond acceptors (Lipinski definition) is 3. The molecular weight excluding hydrogens is 300 g/mol. The molecule has 2 fully saturated rings. The van der Waals surface area contributed by atoms with Crippen LogP contribution in [0.4, 0.5) is 0 Å². The van der Waals surface area contributed by atoms with Gasteiger partial charge < -0.3 is 5.32 Å². The fraction of sp³-hybridized carbons (Fsp3) is 0.474. The fourth-order valence-electron chi connectivity index (χ4n) is 3.65. The normalized spacial score (nSPS) is 20.7. The number of hydrogen-bond donors (Lipinski definition) is 2. The average Bonchev–Trinajstić information content (AvgIpc) is 3.25. The van der Waals surface area contributed by atoms with Crippen molar-refractivity contribution in [3.05, 3.63) is 53.9 Å². The lowest BCUT2D eigenvalue weighted by Crippen LogP contribution is -2.44. The summed E-state index contributed by atoms with van der Waals surface area (Å²) in [5, 5.41) is 10.2. The van der Waals surface area contributed by atoms with Gasteiger partial charge in [-0.15, -0.1) is 0 Å². The first-order valence-electron chi connectivity index (χ1n) is 8.89. The van der Waals surface area contributed by atoms with Gasteiger partial charge >= 0.3 is 0 Å². The zero-order valence-electron chi connectivity index (χ0n) is 13.8. The van der Waals surface area contributed by atoms with E-state index in [1.165, 1.54) is 5.56 Å². The SMILES string of the molecule is O=C(NC1CC1)C(c1ccccc1)N1CCC(c2cn[nH]c2)CC1. The van der Waals surface area contributed by atoms with Crippen LogP contribution in [0.3, 0.4) is 0 Å². The zero-order chi connectivity index (χ0) is 16.4. The Morgan fingerprint density at radius 1 is 1.17 bits per heavy atom. The molecule has 2 aliphatic rings. The maximum absolute atomic E-state index is 12.8. The number of carbonyl (C=O) groups is 1. The van der Waals surface area contributed by atoms with Gasteiger partial charge in [0.05, 0.1) is 6.20 Å². The molecule has 126 valence electrons. The predicted molar refractivity (Wildman–Crippen MR) is 92.5 cm³/mol. The number of carbonyl (C=O) groups excluding carboxylic acids is 1. The Morgan fingerprint density at radius 2 is 1.92 bits per heavy atom. The Hall–Kier alpha value is -2.14.